The van der Waals surface area contributed by atoms with Gasteiger partial charge in [0.2, 0.25) is 0 Å². The van der Waals surface area contributed by atoms with Crippen LogP contribution in [-0.4, -0.2) is 37.2 Å². The molecule has 100 valence electrons. The van der Waals surface area contributed by atoms with Gasteiger partial charge in [-0.1, -0.05) is 11.6 Å². The minimum absolute atomic E-state index is 0.0583. The van der Waals surface area contributed by atoms with Crippen molar-refractivity contribution >= 4 is 23.3 Å². The summed E-state index contributed by atoms with van der Waals surface area (Å²) in [7, 11) is 1.59. The van der Waals surface area contributed by atoms with Crippen LogP contribution in [0.1, 0.15) is 24.2 Å². The van der Waals surface area contributed by atoms with E-state index in [4.69, 9.17) is 16.3 Å². The number of methoxy groups -OCH3 is 1. The molecular weight excluding hydrogens is 254 g/mol. The summed E-state index contributed by atoms with van der Waals surface area (Å²) in [5.74, 6) is 0.401. The van der Waals surface area contributed by atoms with Crippen molar-refractivity contribution in [1.82, 2.24) is 10.3 Å². The number of hydrogen-bond donors (Lipinski definition) is 2. The van der Waals surface area contributed by atoms with E-state index in [2.05, 4.69) is 15.6 Å². The smallest absolute Gasteiger partial charge is 0.251 e. The number of aromatic nitrogens is 1. The van der Waals surface area contributed by atoms with E-state index in [0.29, 0.717) is 24.5 Å². The molecule has 0 spiro atoms. The zero-order valence-electron chi connectivity index (χ0n) is 10.8. The van der Waals surface area contributed by atoms with E-state index in [1.54, 1.807) is 13.2 Å². The Morgan fingerprint density at radius 1 is 1.56 bits per heavy atom. The minimum atomic E-state index is -0.192. The van der Waals surface area contributed by atoms with Crippen molar-refractivity contribution < 1.29 is 9.53 Å². The molecule has 5 nitrogen and oxygen atoms in total. The van der Waals surface area contributed by atoms with Gasteiger partial charge < -0.3 is 15.4 Å². The van der Waals surface area contributed by atoms with Gasteiger partial charge >= 0.3 is 0 Å². The second-order valence-electron chi connectivity index (χ2n) is 3.92. The zero-order valence-corrected chi connectivity index (χ0v) is 11.5. The molecule has 0 bridgehead atoms. The molecule has 1 unspecified atom stereocenters. The Labute approximate surface area is 112 Å². The maximum Gasteiger partial charge on any atom is 0.251 e. The molecule has 18 heavy (non-hydrogen) atoms. The molecule has 0 aliphatic carbocycles. The number of pyridine rings is 1. The number of amides is 1. The molecule has 0 fully saturated rings. The van der Waals surface area contributed by atoms with Crippen LogP contribution in [0.3, 0.4) is 0 Å². The number of nitrogens with zero attached hydrogens (tertiary/aromatic N) is 1. The predicted molar refractivity (Wildman–Crippen MR) is 72.2 cm³/mol. The molecule has 2 N–H and O–H groups in total. The monoisotopic (exact) mass is 271 g/mol. The molecular formula is C12H18ClN3O2. The highest BCUT2D eigenvalue weighted by molar-refractivity contribution is 6.29. The highest BCUT2D eigenvalue weighted by atomic mass is 35.5. The van der Waals surface area contributed by atoms with Gasteiger partial charge in [-0.25, -0.2) is 4.98 Å². The number of carbonyl (C=O) groups is 1. The second-order valence-corrected chi connectivity index (χ2v) is 4.31. The van der Waals surface area contributed by atoms with Crippen LogP contribution in [0.5, 0.6) is 0 Å². The molecule has 1 aromatic rings. The van der Waals surface area contributed by atoms with Gasteiger partial charge in [0, 0.05) is 25.3 Å². The Hall–Kier alpha value is -1.33. The van der Waals surface area contributed by atoms with E-state index < -0.39 is 0 Å². The molecule has 1 atom stereocenters. The lowest BCUT2D eigenvalue weighted by atomic mass is 10.2. The van der Waals surface area contributed by atoms with E-state index in [9.17, 15) is 4.79 Å². The third-order valence-electron chi connectivity index (χ3n) is 2.21. The number of anilines is 1. The van der Waals surface area contributed by atoms with E-state index in [0.717, 1.165) is 0 Å². The summed E-state index contributed by atoms with van der Waals surface area (Å²) in [6.07, 6.45) is 0. The molecule has 1 heterocycles. The fourth-order valence-corrected chi connectivity index (χ4v) is 1.71. The number of halogens is 1. The quantitative estimate of drug-likeness (QED) is 0.776. The van der Waals surface area contributed by atoms with Crippen molar-refractivity contribution in [2.45, 2.75) is 19.9 Å². The van der Waals surface area contributed by atoms with Crippen LogP contribution in [-0.2, 0) is 4.74 Å². The van der Waals surface area contributed by atoms with Crippen molar-refractivity contribution in [3.63, 3.8) is 0 Å². The first kappa shape index (κ1) is 14.7. The van der Waals surface area contributed by atoms with Crippen LogP contribution in [0.4, 0.5) is 5.82 Å². The molecule has 1 amide bonds. The molecule has 6 heteroatoms. The van der Waals surface area contributed by atoms with E-state index in [-0.39, 0.29) is 17.1 Å². The SMILES string of the molecule is CCNc1cc(C(=O)NC(C)COC)cc(Cl)n1. The first-order valence-electron chi connectivity index (χ1n) is 5.78. The van der Waals surface area contributed by atoms with Gasteiger partial charge in [-0.05, 0) is 26.0 Å². The number of rotatable bonds is 6. The fourth-order valence-electron chi connectivity index (χ4n) is 1.50. The lowest BCUT2D eigenvalue weighted by molar-refractivity contribution is 0.0905. The van der Waals surface area contributed by atoms with Crippen molar-refractivity contribution in [2.24, 2.45) is 0 Å². The third kappa shape index (κ3) is 4.50. The predicted octanol–water partition coefficient (Wildman–Crippen LogP) is 1.93. The number of nitrogens with one attached hydrogen (secondary N) is 2. The summed E-state index contributed by atoms with van der Waals surface area (Å²) < 4.78 is 4.96. The van der Waals surface area contributed by atoms with Crippen LogP contribution >= 0.6 is 11.6 Å². The topological polar surface area (TPSA) is 63.2 Å². The van der Waals surface area contributed by atoms with Crippen molar-refractivity contribution in [2.75, 3.05) is 25.6 Å². The van der Waals surface area contributed by atoms with Gasteiger partial charge in [-0.15, -0.1) is 0 Å². The standard InChI is InChI=1S/C12H18ClN3O2/c1-4-14-11-6-9(5-10(13)16-11)12(17)15-8(2)7-18-3/h5-6,8H,4,7H2,1-3H3,(H,14,16)(H,15,17). The molecule has 1 aromatic heterocycles. The van der Waals surface area contributed by atoms with Gasteiger partial charge in [0.25, 0.3) is 5.91 Å². The average molecular weight is 272 g/mol. The Kier molecular flexibility index (Phi) is 5.88. The highest BCUT2D eigenvalue weighted by Gasteiger charge is 2.11. The molecule has 0 saturated carbocycles. The largest absolute Gasteiger partial charge is 0.383 e. The molecule has 0 saturated heterocycles. The summed E-state index contributed by atoms with van der Waals surface area (Å²) in [6, 6.07) is 3.15. The lowest BCUT2D eigenvalue weighted by Gasteiger charge is -2.13. The molecule has 0 aliphatic heterocycles. The van der Waals surface area contributed by atoms with Crippen LogP contribution in [0.15, 0.2) is 12.1 Å². The number of ether oxygens (including phenoxy) is 1. The van der Waals surface area contributed by atoms with Gasteiger partial charge in [-0.2, -0.15) is 0 Å². The Bertz CT molecular complexity index is 412. The van der Waals surface area contributed by atoms with E-state index >= 15 is 0 Å². The lowest BCUT2D eigenvalue weighted by Crippen LogP contribution is -2.35. The Morgan fingerprint density at radius 2 is 2.28 bits per heavy atom. The van der Waals surface area contributed by atoms with Gasteiger partial charge in [0.1, 0.15) is 11.0 Å². The third-order valence-corrected chi connectivity index (χ3v) is 2.40. The normalized spacial score (nSPS) is 12.0. The first-order chi connectivity index (χ1) is 8.56. The van der Waals surface area contributed by atoms with Gasteiger partial charge in [0.05, 0.1) is 6.61 Å². The van der Waals surface area contributed by atoms with Crippen LogP contribution < -0.4 is 10.6 Å². The van der Waals surface area contributed by atoms with Crippen LogP contribution in [0.25, 0.3) is 0 Å². The Balaban J connectivity index is 2.78. The van der Waals surface area contributed by atoms with E-state index in [1.165, 1.54) is 6.07 Å². The average Bonchev–Trinajstić information content (AvgIpc) is 2.28. The van der Waals surface area contributed by atoms with Crippen molar-refractivity contribution in [1.29, 1.82) is 0 Å². The molecule has 0 radical (unpaired) electrons. The van der Waals surface area contributed by atoms with Crippen molar-refractivity contribution in [3.05, 3.63) is 22.8 Å². The van der Waals surface area contributed by atoms with Crippen molar-refractivity contribution in [3.8, 4) is 0 Å². The van der Waals surface area contributed by atoms with Gasteiger partial charge in [0.15, 0.2) is 0 Å². The molecule has 1 rings (SSSR count). The fraction of sp³-hybridized carbons (Fsp3) is 0.500. The van der Waals surface area contributed by atoms with Crippen LogP contribution in [0, 0.1) is 0 Å². The Morgan fingerprint density at radius 3 is 2.89 bits per heavy atom. The first-order valence-corrected chi connectivity index (χ1v) is 6.15. The number of hydrogen-bond acceptors (Lipinski definition) is 4. The summed E-state index contributed by atoms with van der Waals surface area (Å²) in [5, 5.41) is 6.13. The minimum Gasteiger partial charge on any atom is -0.383 e. The zero-order chi connectivity index (χ0) is 13.5. The maximum absolute atomic E-state index is 12.0. The second kappa shape index (κ2) is 7.18. The summed E-state index contributed by atoms with van der Waals surface area (Å²) in [5.41, 5.74) is 0.480. The summed E-state index contributed by atoms with van der Waals surface area (Å²) in [6.45, 7) is 5.00. The highest BCUT2D eigenvalue weighted by Crippen LogP contribution is 2.14. The molecule has 0 aromatic carbocycles. The number of carbonyl (C=O) groups excluding carboxylic acids is 1. The van der Waals surface area contributed by atoms with E-state index in [1.807, 2.05) is 13.8 Å². The summed E-state index contributed by atoms with van der Waals surface area (Å²) >= 11 is 5.87. The molecule has 0 aliphatic rings. The van der Waals surface area contributed by atoms with Crippen LogP contribution in [0.2, 0.25) is 5.15 Å². The maximum atomic E-state index is 12.0. The van der Waals surface area contributed by atoms with Gasteiger partial charge in [-0.3, -0.25) is 4.79 Å². The summed E-state index contributed by atoms with van der Waals surface area (Å²) in [4.78, 5) is 16.0.